The fourth-order valence-corrected chi connectivity index (χ4v) is 2.73. The van der Waals surface area contributed by atoms with Gasteiger partial charge >= 0.3 is 0 Å². The molecule has 1 nitrogen and oxygen atoms in total. The molecule has 2 unspecified atom stereocenters. The van der Waals surface area contributed by atoms with E-state index in [0.717, 1.165) is 10.8 Å². The normalized spacial score (nSPS) is 21.5. The molecule has 0 saturated heterocycles. The highest BCUT2D eigenvalue weighted by atomic mass is 32.1. The molecule has 1 aliphatic carbocycles. The smallest absolute Gasteiger partial charge is 0.0910 e. The van der Waals surface area contributed by atoms with E-state index >= 15 is 0 Å². The van der Waals surface area contributed by atoms with Gasteiger partial charge in [-0.25, -0.2) is 0 Å². The van der Waals surface area contributed by atoms with Crippen molar-refractivity contribution in [2.24, 2.45) is 11.8 Å². The molecule has 0 radical (unpaired) electrons. The Kier molecular flexibility index (Phi) is 2.43. The van der Waals surface area contributed by atoms with Crippen molar-refractivity contribution in [2.45, 2.75) is 32.8 Å². The number of aliphatic hydroxyl groups is 1. The van der Waals surface area contributed by atoms with Gasteiger partial charge in [0, 0.05) is 9.75 Å². The fraction of sp³-hybridized carbons (Fsp3) is 0.636. The van der Waals surface area contributed by atoms with Crippen molar-refractivity contribution < 1.29 is 5.11 Å². The molecule has 1 N–H and O–H groups in total. The van der Waals surface area contributed by atoms with Gasteiger partial charge in [-0.1, -0.05) is 6.92 Å². The first-order valence-electron chi connectivity index (χ1n) is 4.93. The predicted molar refractivity (Wildman–Crippen MR) is 55.9 cm³/mol. The Morgan fingerprint density at radius 2 is 2.15 bits per heavy atom. The van der Waals surface area contributed by atoms with E-state index in [0.29, 0.717) is 5.92 Å². The van der Waals surface area contributed by atoms with Gasteiger partial charge in [-0.15, -0.1) is 11.3 Å². The van der Waals surface area contributed by atoms with E-state index in [-0.39, 0.29) is 6.10 Å². The summed E-state index contributed by atoms with van der Waals surface area (Å²) in [5.41, 5.74) is 0. The number of thiophene rings is 1. The number of hydrogen-bond donors (Lipinski definition) is 1. The quantitative estimate of drug-likeness (QED) is 0.787. The topological polar surface area (TPSA) is 20.2 Å². The summed E-state index contributed by atoms with van der Waals surface area (Å²) < 4.78 is 0. The second kappa shape index (κ2) is 3.43. The zero-order valence-electron chi connectivity index (χ0n) is 8.16. The van der Waals surface area contributed by atoms with Crippen LogP contribution in [-0.4, -0.2) is 5.11 Å². The van der Waals surface area contributed by atoms with Crippen LogP contribution in [0.2, 0.25) is 0 Å². The van der Waals surface area contributed by atoms with Gasteiger partial charge in [-0.3, -0.25) is 0 Å². The molecule has 1 saturated carbocycles. The lowest BCUT2D eigenvalue weighted by Gasteiger charge is -2.16. The van der Waals surface area contributed by atoms with Crippen LogP contribution in [0.5, 0.6) is 0 Å². The maximum Gasteiger partial charge on any atom is 0.0910 e. The summed E-state index contributed by atoms with van der Waals surface area (Å²) in [5, 5.41) is 10.0. The Morgan fingerprint density at radius 1 is 1.46 bits per heavy atom. The third-order valence-electron chi connectivity index (χ3n) is 2.92. The molecule has 1 heterocycles. The molecule has 0 bridgehead atoms. The minimum Gasteiger partial charge on any atom is -0.387 e. The molecule has 2 heteroatoms. The molecule has 0 amide bonds. The lowest BCUT2D eigenvalue weighted by Crippen LogP contribution is -2.09. The van der Waals surface area contributed by atoms with Gasteiger partial charge in [0.15, 0.2) is 0 Å². The molecular weight excluding hydrogens is 180 g/mol. The van der Waals surface area contributed by atoms with Crippen molar-refractivity contribution in [3.8, 4) is 0 Å². The summed E-state index contributed by atoms with van der Waals surface area (Å²) in [7, 11) is 0. The van der Waals surface area contributed by atoms with Crippen LogP contribution in [0.3, 0.4) is 0 Å². The van der Waals surface area contributed by atoms with Gasteiger partial charge in [0.05, 0.1) is 6.10 Å². The monoisotopic (exact) mass is 196 g/mol. The van der Waals surface area contributed by atoms with Gasteiger partial charge in [-0.05, 0) is 43.7 Å². The van der Waals surface area contributed by atoms with Crippen LogP contribution in [0, 0.1) is 18.8 Å². The predicted octanol–water partition coefficient (Wildman–Crippen LogP) is 3.14. The third kappa shape index (κ3) is 1.94. The zero-order chi connectivity index (χ0) is 9.42. The molecular formula is C11H16OS. The summed E-state index contributed by atoms with van der Waals surface area (Å²) in [5.74, 6) is 1.22. The molecule has 1 fully saturated rings. The van der Waals surface area contributed by atoms with Crippen LogP contribution in [0.15, 0.2) is 12.1 Å². The standard InChI is InChI=1S/C11H16OS/c1-7-3-6-10(13-7)11(12)8(2)9-4-5-9/h3,6,8-9,11-12H,4-5H2,1-2H3. The van der Waals surface area contributed by atoms with E-state index in [1.165, 1.54) is 17.7 Å². The first-order valence-corrected chi connectivity index (χ1v) is 5.74. The SMILES string of the molecule is Cc1ccc(C(O)C(C)C2CC2)s1. The highest BCUT2D eigenvalue weighted by molar-refractivity contribution is 7.12. The Morgan fingerprint density at radius 3 is 2.62 bits per heavy atom. The molecule has 1 aromatic heterocycles. The molecule has 13 heavy (non-hydrogen) atoms. The van der Waals surface area contributed by atoms with Crippen molar-refractivity contribution in [3.63, 3.8) is 0 Å². The Balaban J connectivity index is 2.06. The van der Waals surface area contributed by atoms with Crippen molar-refractivity contribution in [1.29, 1.82) is 0 Å². The van der Waals surface area contributed by atoms with Gasteiger partial charge in [-0.2, -0.15) is 0 Å². The first-order chi connectivity index (χ1) is 6.18. The van der Waals surface area contributed by atoms with Crippen molar-refractivity contribution in [1.82, 2.24) is 0 Å². The summed E-state index contributed by atoms with van der Waals surface area (Å²) >= 11 is 1.72. The molecule has 1 aromatic rings. The molecule has 1 aliphatic rings. The number of aliphatic hydroxyl groups excluding tert-OH is 1. The average Bonchev–Trinajstić information content (AvgIpc) is 2.87. The van der Waals surface area contributed by atoms with Crippen molar-refractivity contribution in [3.05, 3.63) is 21.9 Å². The summed E-state index contributed by atoms with van der Waals surface area (Å²) in [6, 6.07) is 4.15. The summed E-state index contributed by atoms with van der Waals surface area (Å²) in [4.78, 5) is 2.42. The highest BCUT2D eigenvalue weighted by Crippen LogP contribution is 2.43. The Hall–Kier alpha value is -0.340. The maximum atomic E-state index is 10.0. The Labute approximate surface area is 83.4 Å². The van der Waals surface area contributed by atoms with Gasteiger partial charge in [0.1, 0.15) is 0 Å². The van der Waals surface area contributed by atoms with Crippen LogP contribution < -0.4 is 0 Å². The average molecular weight is 196 g/mol. The van der Waals surface area contributed by atoms with Crippen LogP contribution in [0.1, 0.15) is 35.6 Å². The zero-order valence-corrected chi connectivity index (χ0v) is 8.97. The largest absolute Gasteiger partial charge is 0.387 e. The van der Waals surface area contributed by atoms with E-state index in [1.807, 2.05) is 0 Å². The van der Waals surface area contributed by atoms with E-state index in [1.54, 1.807) is 11.3 Å². The van der Waals surface area contributed by atoms with E-state index in [9.17, 15) is 5.11 Å². The van der Waals surface area contributed by atoms with E-state index < -0.39 is 0 Å². The number of aryl methyl sites for hydroxylation is 1. The van der Waals surface area contributed by atoms with E-state index in [4.69, 9.17) is 0 Å². The second-order valence-electron chi connectivity index (χ2n) is 4.09. The van der Waals surface area contributed by atoms with Gasteiger partial charge in [0.2, 0.25) is 0 Å². The van der Waals surface area contributed by atoms with Crippen LogP contribution in [0.4, 0.5) is 0 Å². The molecule has 0 aliphatic heterocycles. The summed E-state index contributed by atoms with van der Waals surface area (Å²) in [6.07, 6.45) is 2.39. The van der Waals surface area contributed by atoms with Crippen LogP contribution in [0.25, 0.3) is 0 Å². The summed E-state index contributed by atoms with van der Waals surface area (Å²) in [6.45, 7) is 4.25. The van der Waals surface area contributed by atoms with Crippen molar-refractivity contribution in [2.75, 3.05) is 0 Å². The minimum absolute atomic E-state index is 0.230. The van der Waals surface area contributed by atoms with Crippen LogP contribution in [-0.2, 0) is 0 Å². The van der Waals surface area contributed by atoms with Gasteiger partial charge in [0.25, 0.3) is 0 Å². The van der Waals surface area contributed by atoms with Gasteiger partial charge < -0.3 is 5.11 Å². The molecule has 0 spiro atoms. The lowest BCUT2D eigenvalue weighted by atomic mass is 9.98. The molecule has 72 valence electrons. The van der Waals surface area contributed by atoms with Crippen molar-refractivity contribution >= 4 is 11.3 Å². The fourth-order valence-electron chi connectivity index (χ4n) is 1.75. The highest BCUT2D eigenvalue weighted by Gasteiger charge is 2.33. The number of rotatable bonds is 3. The minimum atomic E-state index is -0.230. The van der Waals surface area contributed by atoms with E-state index in [2.05, 4.69) is 26.0 Å². The maximum absolute atomic E-state index is 10.0. The van der Waals surface area contributed by atoms with Crippen LogP contribution >= 0.6 is 11.3 Å². The first kappa shape index (κ1) is 9.22. The molecule has 2 atom stereocenters. The lowest BCUT2D eigenvalue weighted by molar-refractivity contribution is 0.109. The number of hydrogen-bond acceptors (Lipinski definition) is 2. The molecule has 2 rings (SSSR count). The Bertz CT molecular complexity index is 288. The third-order valence-corrected chi connectivity index (χ3v) is 3.99. The molecule has 0 aromatic carbocycles. The second-order valence-corrected chi connectivity index (χ2v) is 5.41.